The molecule has 3 heterocycles. The molecule has 12 heteroatoms. The summed E-state index contributed by atoms with van der Waals surface area (Å²) in [5.74, 6) is 1.24. The van der Waals surface area contributed by atoms with Gasteiger partial charge < -0.3 is 15.4 Å². The van der Waals surface area contributed by atoms with E-state index in [1.54, 1.807) is 17.1 Å². The molecule has 1 unspecified atom stereocenters. The van der Waals surface area contributed by atoms with Crippen molar-refractivity contribution >= 4 is 11.7 Å². The molecule has 3 aromatic heterocycles. The second kappa shape index (κ2) is 16.1. The molecule has 1 aromatic carbocycles. The van der Waals surface area contributed by atoms with Crippen molar-refractivity contribution in [3.63, 3.8) is 0 Å². The Kier molecular flexibility index (Phi) is 11.2. The van der Waals surface area contributed by atoms with Gasteiger partial charge in [-0.15, -0.1) is 0 Å². The first kappa shape index (κ1) is 34.1. The van der Waals surface area contributed by atoms with Gasteiger partial charge in [0.05, 0.1) is 30.1 Å². The molecule has 2 aliphatic rings. The van der Waals surface area contributed by atoms with Gasteiger partial charge in [0.25, 0.3) is 0 Å². The SMILES string of the molecule is Cn1cc(-c2ccc(C(C(=O)NCc3ccccc3)[C@H]3CC[C@H](Cc4ncc(C#N)c(NC5CCC(OC(F)F)CC5)n4)CC3)nc2)cn1. The van der Waals surface area contributed by atoms with Gasteiger partial charge in [0, 0.05) is 49.6 Å². The zero-order valence-corrected chi connectivity index (χ0v) is 27.6. The van der Waals surface area contributed by atoms with Crippen molar-refractivity contribution in [2.45, 2.75) is 89.0 Å². The lowest BCUT2D eigenvalue weighted by Crippen LogP contribution is -2.35. The summed E-state index contributed by atoms with van der Waals surface area (Å²) in [6.45, 7) is -2.31. The summed E-state index contributed by atoms with van der Waals surface area (Å²) < 4.78 is 31.7. The van der Waals surface area contributed by atoms with Crippen molar-refractivity contribution in [2.24, 2.45) is 18.9 Å². The molecule has 256 valence electrons. The summed E-state index contributed by atoms with van der Waals surface area (Å²) in [6.07, 6.45) is 13.3. The normalized spacial score (nSPS) is 21.5. The Labute approximate surface area is 285 Å². The van der Waals surface area contributed by atoms with E-state index in [0.29, 0.717) is 61.8 Å². The van der Waals surface area contributed by atoms with Crippen molar-refractivity contribution in [3.05, 3.63) is 89.9 Å². The molecule has 10 nitrogen and oxygen atoms in total. The van der Waals surface area contributed by atoms with Crippen LogP contribution in [-0.2, 0) is 29.5 Å². The minimum absolute atomic E-state index is 0.0186. The second-order valence-electron chi connectivity index (χ2n) is 13.2. The molecule has 1 amide bonds. The van der Waals surface area contributed by atoms with Gasteiger partial charge in [-0.3, -0.25) is 14.5 Å². The molecule has 49 heavy (non-hydrogen) atoms. The van der Waals surface area contributed by atoms with E-state index in [-0.39, 0.29) is 23.8 Å². The monoisotopic (exact) mass is 668 g/mol. The van der Waals surface area contributed by atoms with Gasteiger partial charge in [-0.05, 0) is 74.8 Å². The topological polar surface area (TPSA) is 131 Å². The van der Waals surface area contributed by atoms with Gasteiger partial charge in [0.2, 0.25) is 5.91 Å². The maximum Gasteiger partial charge on any atom is 0.345 e. The van der Waals surface area contributed by atoms with E-state index in [4.69, 9.17) is 9.97 Å². The first-order chi connectivity index (χ1) is 23.8. The molecule has 0 saturated heterocycles. The van der Waals surface area contributed by atoms with E-state index in [1.807, 2.05) is 61.9 Å². The van der Waals surface area contributed by atoms with E-state index in [9.17, 15) is 18.8 Å². The fraction of sp³-hybridized carbons (Fsp3) is 0.459. The van der Waals surface area contributed by atoms with Crippen LogP contribution < -0.4 is 10.6 Å². The van der Waals surface area contributed by atoms with Gasteiger partial charge in [0.15, 0.2) is 0 Å². The first-order valence-corrected chi connectivity index (χ1v) is 17.1. The number of hydrogen-bond acceptors (Lipinski definition) is 8. The highest BCUT2D eigenvalue weighted by Gasteiger charge is 2.35. The Balaban J connectivity index is 1.10. The molecule has 4 aromatic rings. The number of aryl methyl sites for hydroxylation is 1. The summed E-state index contributed by atoms with van der Waals surface area (Å²) in [5, 5.41) is 20.5. The van der Waals surface area contributed by atoms with Crippen LogP contribution in [0.4, 0.5) is 14.6 Å². The number of aromatic nitrogens is 5. The lowest BCUT2D eigenvalue weighted by atomic mass is 9.73. The highest BCUT2D eigenvalue weighted by atomic mass is 19.3. The number of nitriles is 1. The van der Waals surface area contributed by atoms with E-state index in [1.165, 1.54) is 0 Å². The molecule has 0 bridgehead atoms. The Morgan fingerprint density at radius 2 is 1.76 bits per heavy atom. The number of carbonyl (C=O) groups excluding carboxylic acids is 1. The van der Waals surface area contributed by atoms with Crippen LogP contribution >= 0.6 is 0 Å². The number of amides is 1. The number of nitrogens with zero attached hydrogens (tertiary/aromatic N) is 6. The van der Waals surface area contributed by atoms with Crippen molar-refractivity contribution in [1.29, 1.82) is 5.26 Å². The average molecular weight is 669 g/mol. The molecule has 0 spiro atoms. The zero-order chi connectivity index (χ0) is 34.2. The van der Waals surface area contributed by atoms with Crippen LogP contribution in [0, 0.1) is 23.2 Å². The number of benzene rings is 1. The van der Waals surface area contributed by atoms with Gasteiger partial charge in [-0.1, -0.05) is 36.4 Å². The molecule has 2 saturated carbocycles. The van der Waals surface area contributed by atoms with E-state index >= 15 is 0 Å². The van der Waals surface area contributed by atoms with Crippen LogP contribution in [0.2, 0.25) is 0 Å². The van der Waals surface area contributed by atoms with Crippen molar-refractivity contribution < 1.29 is 18.3 Å². The summed E-state index contributed by atoms with van der Waals surface area (Å²) >= 11 is 0. The average Bonchev–Trinajstić information content (AvgIpc) is 3.56. The number of pyridine rings is 1. The van der Waals surface area contributed by atoms with Gasteiger partial charge in [-0.25, -0.2) is 9.97 Å². The summed E-state index contributed by atoms with van der Waals surface area (Å²) in [7, 11) is 1.88. The standard InChI is InChI=1S/C37H42F2N8O2/c1-47-23-29(22-44-47)27-11-16-32(41-20-27)34(36(48)43-19-25-5-3-2-4-6-25)26-9-7-24(8-10-26)17-33-42-21-28(18-40)35(46-33)45-30-12-14-31(15-13-30)49-37(38)39/h2-6,11,16,20-24,26,30-31,34,37H,7-10,12-15,17,19H2,1H3,(H,43,48)(H,42,45,46)/t24-,26-,30?,31?,34?. The fourth-order valence-electron chi connectivity index (χ4n) is 7.19. The molecule has 2 N–H and O–H groups in total. The first-order valence-electron chi connectivity index (χ1n) is 17.1. The van der Waals surface area contributed by atoms with Gasteiger partial charge in [0.1, 0.15) is 23.3 Å². The number of ether oxygens (including phenoxy) is 1. The van der Waals surface area contributed by atoms with Gasteiger partial charge >= 0.3 is 6.61 Å². The third-order valence-electron chi connectivity index (χ3n) is 9.84. The minimum Gasteiger partial charge on any atom is -0.366 e. The Morgan fingerprint density at radius 1 is 0.980 bits per heavy atom. The van der Waals surface area contributed by atoms with Gasteiger partial charge in [-0.2, -0.15) is 19.1 Å². The van der Waals surface area contributed by atoms with Crippen LogP contribution in [0.1, 0.15) is 79.9 Å². The molecule has 0 aliphatic heterocycles. The molecule has 6 rings (SSSR count). The van der Waals surface area contributed by atoms with E-state index in [0.717, 1.165) is 48.1 Å². The fourth-order valence-corrected chi connectivity index (χ4v) is 7.19. The number of rotatable bonds is 12. The number of anilines is 1. The maximum atomic E-state index is 13.8. The zero-order valence-electron chi connectivity index (χ0n) is 27.6. The van der Waals surface area contributed by atoms with E-state index in [2.05, 4.69) is 31.5 Å². The quantitative estimate of drug-likeness (QED) is 0.174. The molecule has 0 radical (unpaired) electrons. The number of alkyl halides is 2. The molecule has 1 atom stereocenters. The number of nitrogens with one attached hydrogen (secondary N) is 2. The summed E-state index contributed by atoms with van der Waals surface area (Å²) in [4.78, 5) is 27.9. The molecule has 2 aliphatic carbocycles. The highest BCUT2D eigenvalue weighted by molar-refractivity contribution is 5.83. The molecular weight excluding hydrogens is 626 g/mol. The minimum atomic E-state index is -2.76. The molecule has 2 fully saturated rings. The maximum absolute atomic E-state index is 13.8. The highest BCUT2D eigenvalue weighted by Crippen LogP contribution is 2.39. The number of halogens is 2. The largest absolute Gasteiger partial charge is 0.366 e. The third kappa shape index (κ3) is 9.03. The van der Waals surface area contributed by atoms with Crippen LogP contribution in [0.5, 0.6) is 0 Å². The van der Waals surface area contributed by atoms with Crippen LogP contribution in [0.15, 0.2) is 67.3 Å². The Bertz CT molecular complexity index is 1710. The van der Waals surface area contributed by atoms with Crippen LogP contribution in [-0.4, -0.2) is 49.4 Å². The second-order valence-corrected chi connectivity index (χ2v) is 13.2. The van der Waals surface area contributed by atoms with E-state index < -0.39 is 12.7 Å². The smallest absolute Gasteiger partial charge is 0.345 e. The van der Waals surface area contributed by atoms with Crippen LogP contribution in [0.25, 0.3) is 11.1 Å². The predicted octanol–water partition coefficient (Wildman–Crippen LogP) is 6.56. The summed E-state index contributed by atoms with van der Waals surface area (Å²) in [5.41, 5.74) is 4.10. The van der Waals surface area contributed by atoms with Crippen molar-refractivity contribution in [2.75, 3.05) is 5.32 Å². The number of hydrogen-bond donors (Lipinski definition) is 2. The van der Waals surface area contributed by atoms with Crippen LogP contribution in [0.3, 0.4) is 0 Å². The third-order valence-corrected chi connectivity index (χ3v) is 9.84. The van der Waals surface area contributed by atoms with Crippen molar-refractivity contribution in [1.82, 2.24) is 30.0 Å². The Morgan fingerprint density at radius 3 is 2.41 bits per heavy atom. The Hall–Kier alpha value is -4.76. The lowest BCUT2D eigenvalue weighted by molar-refractivity contribution is -0.169. The predicted molar refractivity (Wildman–Crippen MR) is 180 cm³/mol. The lowest BCUT2D eigenvalue weighted by Gasteiger charge is -2.33. The number of carbonyl (C=O) groups is 1. The molecular formula is C37H42F2N8O2. The van der Waals surface area contributed by atoms with Crippen molar-refractivity contribution in [3.8, 4) is 17.2 Å². The summed E-state index contributed by atoms with van der Waals surface area (Å²) in [6, 6.07) is 16.1.